The molecule has 4 aliphatic rings. The number of allylic oxidation sites excluding steroid dienone is 7. The van der Waals surface area contributed by atoms with Crippen LogP contribution >= 0.6 is 0 Å². The SMILES string of the molecule is CC1=CC(N(c2ccccc2)c2ccc3c(c2)C2(c4ccccc4-c4ccccc42)c2cc(N(C4=CC=CC(C)C4)c4bcccc4)ccc2-3)=CCC1. The van der Waals surface area contributed by atoms with E-state index in [-0.39, 0.29) is 0 Å². The van der Waals surface area contributed by atoms with Crippen LogP contribution in [0.1, 0.15) is 55.4 Å². The molecule has 0 aliphatic heterocycles. The van der Waals surface area contributed by atoms with Crippen LogP contribution < -0.4 is 9.80 Å². The summed E-state index contributed by atoms with van der Waals surface area (Å²) in [5, 5.41) is 0. The van der Waals surface area contributed by atoms with Crippen LogP contribution in [-0.2, 0) is 5.41 Å². The molecule has 1 aromatic heterocycles. The molecule has 1 unspecified atom stereocenters. The van der Waals surface area contributed by atoms with Gasteiger partial charge in [-0.1, -0.05) is 23.8 Å². The first-order valence-corrected chi connectivity index (χ1v) is 19.0. The van der Waals surface area contributed by atoms with Crippen LogP contribution in [0, 0.1) is 5.92 Å². The molecular formula is C50H41BN2. The number of benzene rings is 5. The van der Waals surface area contributed by atoms with Gasteiger partial charge in [-0.05, 0) is 19.8 Å². The number of anilines is 4. The average molecular weight is 681 g/mol. The Balaban J connectivity index is 1.24. The molecule has 0 fully saturated rings. The number of rotatable bonds is 6. The second-order valence-electron chi connectivity index (χ2n) is 15.0. The number of hydrogen-bond donors (Lipinski definition) is 0. The van der Waals surface area contributed by atoms with Gasteiger partial charge in [0.25, 0.3) is 0 Å². The van der Waals surface area contributed by atoms with Crippen molar-refractivity contribution in [2.75, 3.05) is 9.80 Å². The third-order valence-electron chi connectivity index (χ3n) is 11.7. The predicted octanol–water partition coefficient (Wildman–Crippen LogP) is 12.7. The molecular weight excluding hydrogens is 639 g/mol. The summed E-state index contributed by atoms with van der Waals surface area (Å²) in [4.78, 5) is 4.94. The zero-order chi connectivity index (χ0) is 35.5. The summed E-state index contributed by atoms with van der Waals surface area (Å²) in [6.45, 7) is 6.81. The third-order valence-corrected chi connectivity index (χ3v) is 11.7. The summed E-state index contributed by atoms with van der Waals surface area (Å²) in [5.74, 6) is 2.63. The van der Waals surface area contributed by atoms with E-state index < -0.39 is 5.41 Å². The van der Waals surface area contributed by atoms with Crippen LogP contribution in [0.5, 0.6) is 0 Å². The second-order valence-corrected chi connectivity index (χ2v) is 15.0. The van der Waals surface area contributed by atoms with Gasteiger partial charge in [0, 0.05) is 0 Å². The quantitative estimate of drug-likeness (QED) is 0.172. The molecule has 3 heteroatoms. The van der Waals surface area contributed by atoms with E-state index in [2.05, 4.69) is 200 Å². The van der Waals surface area contributed by atoms with E-state index in [1.807, 2.05) is 0 Å². The zero-order valence-electron chi connectivity index (χ0n) is 30.3. The van der Waals surface area contributed by atoms with Gasteiger partial charge in [-0.15, -0.1) is 0 Å². The summed E-state index contributed by atoms with van der Waals surface area (Å²) in [7, 11) is 0. The predicted molar refractivity (Wildman–Crippen MR) is 223 cm³/mol. The fourth-order valence-corrected chi connectivity index (χ4v) is 9.45. The van der Waals surface area contributed by atoms with Gasteiger partial charge in [-0.25, -0.2) is 0 Å². The van der Waals surface area contributed by atoms with E-state index >= 15 is 0 Å². The summed E-state index contributed by atoms with van der Waals surface area (Å²) >= 11 is 0. The van der Waals surface area contributed by atoms with Crippen LogP contribution in [0.4, 0.5) is 22.6 Å². The smallest absolute Gasteiger partial charge is 0.0290 e. The first kappa shape index (κ1) is 31.8. The van der Waals surface area contributed by atoms with E-state index in [9.17, 15) is 0 Å². The molecule has 1 heterocycles. The standard InChI is InChI=1S/C50H41BN2/c1-34-14-12-18-37(30-34)52(36-16-4-3-5-17-36)39-25-27-43-44-28-26-40(53(49-24-10-11-29-51-49)38-19-13-15-35(2)31-38)33-48(44)50(47(43)32-39)45-22-8-6-20-41(45)42-21-7-9-23-46(42)50/h3-11,13,15-30,32-33,35H,12,14,31H2,1-2H3. The Hall–Kier alpha value is -5.93. The van der Waals surface area contributed by atoms with Crippen molar-refractivity contribution in [3.05, 3.63) is 209 Å². The molecule has 0 N–H and O–H groups in total. The Kier molecular flexibility index (Phi) is 7.58. The molecule has 0 amide bonds. The first-order valence-electron chi connectivity index (χ1n) is 19.0. The molecule has 0 bridgehead atoms. The molecule has 1 atom stereocenters. The maximum atomic E-state index is 2.51. The minimum absolute atomic E-state index is 0.476. The number of fused-ring (bicyclic) bond motifs is 10. The van der Waals surface area contributed by atoms with E-state index in [4.69, 9.17) is 0 Å². The van der Waals surface area contributed by atoms with Gasteiger partial charge in [0.15, 0.2) is 0 Å². The van der Waals surface area contributed by atoms with Gasteiger partial charge in [0.2, 0.25) is 0 Å². The van der Waals surface area contributed by atoms with Gasteiger partial charge in [0.05, 0.1) is 0 Å². The molecule has 0 saturated carbocycles. The minimum Gasteiger partial charge on any atom is -0.0290 e. The monoisotopic (exact) mass is 680 g/mol. The van der Waals surface area contributed by atoms with Crippen molar-refractivity contribution in [1.82, 2.24) is 0 Å². The molecule has 6 aromatic rings. The summed E-state index contributed by atoms with van der Waals surface area (Å²) in [6.07, 6.45) is 14.8. The molecule has 0 radical (unpaired) electrons. The third kappa shape index (κ3) is 4.98. The van der Waals surface area contributed by atoms with Crippen LogP contribution in [-0.4, -0.2) is 6.91 Å². The Labute approximate surface area is 314 Å². The zero-order valence-corrected chi connectivity index (χ0v) is 30.3. The van der Waals surface area contributed by atoms with Gasteiger partial charge in [-0.3, -0.25) is 0 Å². The average Bonchev–Trinajstić information content (AvgIpc) is 3.66. The van der Waals surface area contributed by atoms with Gasteiger partial charge >= 0.3 is 272 Å². The fourth-order valence-electron chi connectivity index (χ4n) is 9.45. The van der Waals surface area contributed by atoms with Crippen molar-refractivity contribution < 1.29 is 0 Å². The molecule has 4 aliphatic carbocycles. The molecule has 0 saturated heterocycles. The second kappa shape index (κ2) is 12.6. The molecule has 254 valence electrons. The Morgan fingerprint density at radius 2 is 1.25 bits per heavy atom. The molecule has 5 aromatic carbocycles. The molecule has 10 rings (SSSR count). The summed E-state index contributed by atoms with van der Waals surface area (Å²) in [6, 6.07) is 50.1. The van der Waals surface area contributed by atoms with Crippen molar-refractivity contribution >= 4 is 29.6 Å². The summed E-state index contributed by atoms with van der Waals surface area (Å²) in [5.41, 5.74) is 18.9. The van der Waals surface area contributed by atoms with Crippen molar-refractivity contribution in [3.8, 4) is 22.3 Å². The molecule has 53 heavy (non-hydrogen) atoms. The molecule has 2 nitrogen and oxygen atoms in total. The number of nitrogens with zero attached hydrogens (tertiary/aromatic N) is 2. The fraction of sp³-hybridized carbons (Fsp3) is 0.140. The first-order chi connectivity index (χ1) is 26.1. The topological polar surface area (TPSA) is 6.48 Å². The van der Waals surface area contributed by atoms with Gasteiger partial charge in [-0.2, -0.15) is 0 Å². The van der Waals surface area contributed by atoms with Crippen LogP contribution in [0.3, 0.4) is 0 Å². The van der Waals surface area contributed by atoms with E-state index in [1.54, 1.807) is 0 Å². The van der Waals surface area contributed by atoms with Gasteiger partial charge < -0.3 is 0 Å². The van der Waals surface area contributed by atoms with Crippen LogP contribution in [0.15, 0.2) is 187 Å². The Morgan fingerprint density at radius 3 is 1.89 bits per heavy atom. The van der Waals surface area contributed by atoms with Crippen molar-refractivity contribution in [3.63, 3.8) is 0 Å². The Morgan fingerprint density at radius 1 is 0.623 bits per heavy atom. The maximum absolute atomic E-state index is 2.51. The summed E-state index contributed by atoms with van der Waals surface area (Å²) < 4.78 is 0. The van der Waals surface area contributed by atoms with E-state index in [0.717, 1.165) is 19.3 Å². The van der Waals surface area contributed by atoms with Crippen LogP contribution in [0.2, 0.25) is 0 Å². The molecule has 1 spiro atoms. The number of hydrogen-bond acceptors (Lipinski definition) is 2. The van der Waals surface area contributed by atoms with Crippen molar-refractivity contribution in [1.29, 1.82) is 0 Å². The van der Waals surface area contributed by atoms with Gasteiger partial charge in [0.1, 0.15) is 0 Å². The number of para-hydroxylation sites is 1. The Bertz CT molecular complexity index is 2480. The van der Waals surface area contributed by atoms with Crippen molar-refractivity contribution in [2.24, 2.45) is 5.92 Å². The van der Waals surface area contributed by atoms with Crippen molar-refractivity contribution in [2.45, 2.75) is 38.5 Å². The normalized spacial score (nSPS) is 17.2. The minimum atomic E-state index is -0.477. The van der Waals surface area contributed by atoms with Crippen LogP contribution in [0.25, 0.3) is 22.3 Å². The van der Waals surface area contributed by atoms with E-state index in [1.165, 1.54) is 84.1 Å². The van der Waals surface area contributed by atoms with E-state index in [0.29, 0.717) is 5.92 Å².